The molecule has 0 aliphatic heterocycles. The average Bonchev–Trinajstić information content (AvgIpc) is 2.53. The number of aliphatic hydroxyl groups excluding tert-OH is 1. The van der Waals surface area contributed by atoms with Gasteiger partial charge in [-0.2, -0.15) is 0 Å². The van der Waals surface area contributed by atoms with Crippen LogP contribution in [0.15, 0.2) is 47.9 Å². The lowest BCUT2D eigenvalue weighted by molar-refractivity contribution is -0.122. The van der Waals surface area contributed by atoms with Crippen LogP contribution in [0, 0.1) is 0 Å². The highest BCUT2D eigenvalue weighted by atomic mass is 16.3. The third kappa shape index (κ3) is 2.41. The van der Waals surface area contributed by atoms with Crippen LogP contribution in [0.25, 0.3) is 10.9 Å². The number of nitrogens with zero attached hydrogens (tertiary/aromatic N) is 1. The summed E-state index contributed by atoms with van der Waals surface area (Å²) in [6, 6.07) is 9.63. The molecule has 1 aromatic carbocycles. The molecular weight excluding hydrogens is 278 g/mol. The third-order valence-electron chi connectivity index (χ3n) is 4.16. The maximum atomic E-state index is 12.3. The number of rotatable bonds is 3. The molecule has 1 unspecified atom stereocenters. The lowest BCUT2D eigenvalue weighted by Crippen LogP contribution is -2.23. The van der Waals surface area contributed by atoms with Crippen molar-refractivity contribution in [3.8, 4) is 0 Å². The summed E-state index contributed by atoms with van der Waals surface area (Å²) in [4.78, 5) is 28.4. The molecule has 112 valence electrons. The molecule has 0 saturated heterocycles. The number of allylic oxidation sites excluding steroid dienone is 2. The number of fused-ring (bicyclic) bond motifs is 1. The summed E-state index contributed by atoms with van der Waals surface area (Å²) in [7, 11) is 0. The molecule has 4 heteroatoms. The summed E-state index contributed by atoms with van der Waals surface area (Å²) in [5.74, 6) is -0.732. The van der Waals surface area contributed by atoms with Gasteiger partial charge in [0.2, 0.25) is 0 Å². The molecule has 1 aliphatic carbocycles. The minimum Gasteiger partial charge on any atom is -0.511 e. The van der Waals surface area contributed by atoms with Crippen LogP contribution in [0.4, 0.5) is 0 Å². The van der Waals surface area contributed by atoms with E-state index in [1.807, 2.05) is 30.3 Å². The van der Waals surface area contributed by atoms with Gasteiger partial charge in [0.25, 0.3) is 0 Å². The molecule has 1 heterocycles. The van der Waals surface area contributed by atoms with Crippen molar-refractivity contribution in [2.75, 3.05) is 0 Å². The molecule has 1 aliphatic rings. The van der Waals surface area contributed by atoms with E-state index in [1.165, 1.54) is 0 Å². The van der Waals surface area contributed by atoms with E-state index in [0.717, 1.165) is 16.5 Å². The topological polar surface area (TPSA) is 67.3 Å². The van der Waals surface area contributed by atoms with Crippen LogP contribution in [-0.2, 0) is 9.59 Å². The molecule has 1 aromatic heterocycles. The van der Waals surface area contributed by atoms with E-state index in [9.17, 15) is 14.7 Å². The van der Waals surface area contributed by atoms with E-state index in [1.54, 1.807) is 13.1 Å². The fourth-order valence-electron chi connectivity index (χ4n) is 3.08. The summed E-state index contributed by atoms with van der Waals surface area (Å²) in [6.45, 7) is 1.69. The molecule has 2 aromatic rings. The molecule has 1 N–H and O–H groups in total. The van der Waals surface area contributed by atoms with Gasteiger partial charge in [0, 0.05) is 30.8 Å². The van der Waals surface area contributed by atoms with Crippen LogP contribution in [-0.4, -0.2) is 21.7 Å². The Kier molecular flexibility index (Phi) is 3.75. The molecule has 4 nitrogen and oxygen atoms in total. The van der Waals surface area contributed by atoms with Gasteiger partial charge in [-0.15, -0.1) is 0 Å². The van der Waals surface area contributed by atoms with Gasteiger partial charge in [0.1, 0.15) is 5.76 Å². The van der Waals surface area contributed by atoms with Crippen LogP contribution in [0.1, 0.15) is 37.7 Å². The highest BCUT2D eigenvalue weighted by molar-refractivity contribution is 6.21. The first kappa shape index (κ1) is 14.4. The number of hydrogen-bond donors (Lipinski definition) is 1. The van der Waals surface area contributed by atoms with Crippen molar-refractivity contribution in [2.24, 2.45) is 0 Å². The predicted molar refractivity (Wildman–Crippen MR) is 83.7 cm³/mol. The summed E-state index contributed by atoms with van der Waals surface area (Å²) in [6.07, 6.45) is 2.52. The average molecular weight is 295 g/mol. The zero-order valence-electron chi connectivity index (χ0n) is 12.4. The minimum absolute atomic E-state index is 0.00267. The predicted octanol–water partition coefficient (Wildman–Crippen LogP) is 3.47. The van der Waals surface area contributed by atoms with Crippen LogP contribution in [0.2, 0.25) is 0 Å². The van der Waals surface area contributed by atoms with E-state index in [-0.39, 0.29) is 41.7 Å². The number of benzene rings is 1. The highest BCUT2D eigenvalue weighted by Crippen LogP contribution is 2.36. The Morgan fingerprint density at radius 1 is 1.27 bits per heavy atom. The van der Waals surface area contributed by atoms with Gasteiger partial charge in [0.05, 0.1) is 11.1 Å². The summed E-state index contributed by atoms with van der Waals surface area (Å²) in [5, 5.41) is 11.2. The first-order valence-corrected chi connectivity index (χ1v) is 7.44. The second-order valence-corrected chi connectivity index (χ2v) is 5.54. The SMILES string of the molecule is CCC(=O)C1=C(O)CC(c2ccnc3ccccc23)CC1=O. The zero-order valence-corrected chi connectivity index (χ0v) is 12.4. The molecule has 1 atom stereocenters. The van der Waals surface area contributed by atoms with Crippen LogP contribution < -0.4 is 0 Å². The molecule has 0 bridgehead atoms. The van der Waals surface area contributed by atoms with E-state index < -0.39 is 0 Å². The van der Waals surface area contributed by atoms with Gasteiger partial charge < -0.3 is 5.11 Å². The molecule has 0 radical (unpaired) electrons. The Hall–Kier alpha value is -2.49. The fourth-order valence-corrected chi connectivity index (χ4v) is 3.08. The number of ketones is 2. The number of carbonyl (C=O) groups excluding carboxylic acids is 2. The second-order valence-electron chi connectivity index (χ2n) is 5.54. The van der Waals surface area contributed by atoms with Crippen molar-refractivity contribution in [3.05, 3.63) is 53.4 Å². The molecular formula is C18H17NO3. The second kappa shape index (κ2) is 5.72. The Balaban J connectivity index is 2.03. The summed E-state index contributed by atoms with van der Waals surface area (Å²) >= 11 is 0. The first-order chi connectivity index (χ1) is 10.6. The molecule has 0 spiro atoms. The van der Waals surface area contributed by atoms with Crippen LogP contribution in [0.3, 0.4) is 0 Å². The number of aromatic nitrogens is 1. The van der Waals surface area contributed by atoms with Gasteiger partial charge >= 0.3 is 0 Å². The van der Waals surface area contributed by atoms with E-state index in [4.69, 9.17) is 0 Å². The molecule has 0 fully saturated rings. The van der Waals surface area contributed by atoms with Gasteiger partial charge in [-0.05, 0) is 23.6 Å². The highest BCUT2D eigenvalue weighted by Gasteiger charge is 2.32. The van der Waals surface area contributed by atoms with E-state index in [0.29, 0.717) is 6.42 Å². The summed E-state index contributed by atoms with van der Waals surface area (Å²) in [5.41, 5.74) is 1.86. The Morgan fingerprint density at radius 3 is 2.77 bits per heavy atom. The monoisotopic (exact) mass is 295 g/mol. The van der Waals surface area contributed by atoms with Crippen molar-refractivity contribution < 1.29 is 14.7 Å². The molecule has 3 rings (SSSR count). The first-order valence-electron chi connectivity index (χ1n) is 7.44. The number of Topliss-reactive ketones (excluding diaryl/α,β-unsaturated/α-hetero) is 2. The van der Waals surface area contributed by atoms with Crippen LogP contribution >= 0.6 is 0 Å². The third-order valence-corrected chi connectivity index (χ3v) is 4.16. The van der Waals surface area contributed by atoms with Crippen LogP contribution in [0.5, 0.6) is 0 Å². The molecule has 0 amide bonds. The smallest absolute Gasteiger partial charge is 0.170 e. The minimum atomic E-state index is -0.277. The Labute approximate surface area is 128 Å². The summed E-state index contributed by atoms with van der Waals surface area (Å²) < 4.78 is 0. The van der Waals surface area contributed by atoms with Crippen molar-refractivity contribution in [1.82, 2.24) is 4.98 Å². The number of para-hydroxylation sites is 1. The van der Waals surface area contributed by atoms with E-state index in [2.05, 4.69) is 4.98 Å². The quantitative estimate of drug-likeness (QED) is 0.880. The number of carbonyl (C=O) groups is 2. The van der Waals surface area contributed by atoms with Gasteiger partial charge in [-0.1, -0.05) is 25.1 Å². The van der Waals surface area contributed by atoms with Gasteiger partial charge in [0.15, 0.2) is 11.6 Å². The number of aliphatic hydroxyl groups is 1. The lowest BCUT2D eigenvalue weighted by atomic mass is 9.80. The lowest BCUT2D eigenvalue weighted by Gasteiger charge is -2.24. The fraction of sp³-hybridized carbons (Fsp3) is 0.278. The van der Waals surface area contributed by atoms with Crippen molar-refractivity contribution in [2.45, 2.75) is 32.1 Å². The van der Waals surface area contributed by atoms with E-state index >= 15 is 0 Å². The number of pyridine rings is 1. The Bertz CT molecular complexity index is 787. The zero-order chi connectivity index (χ0) is 15.7. The molecule has 22 heavy (non-hydrogen) atoms. The van der Waals surface area contributed by atoms with Crippen molar-refractivity contribution >= 4 is 22.5 Å². The standard InChI is InChI=1S/C18H17NO3/c1-2-15(20)18-16(21)9-11(10-17(18)22)12-7-8-19-14-6-4-3-5-13(12)14/h3-8,11,21H,2,9-10H2,1H3. The van der Waals surface area contributed by atoms with Gasteiger partial charge in [-0.3, -0.25) is 14.6 Å². The van der Waals surface area contributed by atoms with Crippen molar-refractivity contribution in [1.29, 1.82) is 0 Å². The maximum Gasteiger partial charge on any atom is 0.170 e. The molecule has 0 saturated carbocycles. The van der Waals surface area contributed by atoms with Gasteiger partial charge in [-0.25, -0.2) is 0 Å². The maximum absolute atomic E-state index is 12.3. The largest absolute Gasteiger partial charge is 0.511 e. The Morgan fingerprint density at radius 2 is 2.05 bits per heavy atom. The van der Waals surface area contributed by atoms with Crippen molar-refractivity contribution in [3.63, 3.8) is 0 Å². The normalized spacial score (nSPS) is 18.8. The number of hydrogen-bond acceptors (Lipinski definition) is 4.